The normalized spacial score (nSPS) is 16.7. The summed E-state index contributed by atoms with van der Waals surface area (Å²) in [4.78, 5) is 2.66. The molecule has 2 rings (SSSR count). The first-order valence-electron chi connectivity index (χ1n) is 8.55. The van der Waals surface area contributed by atoms with Gasteiger partial charge in [0.15, 0.2) is 0 Å². The van der Waals surface area contributed by atoms with Gasteiger partial charge in [0.25, 0.3) is 0 Å². The van der Waals surface area contributed by atoms with E-state index in [9.17, 15) is 0 Å². The number of hydrogen-bond acceptors (Lipinski definition) is 2. The van der Waals surface area contributed by atoms with Crippen molar-refractivity contribution in [1.82, 2.24) is 10.2 Å². The molecule has 21 heavy (non-hydrogen) atoms. The van der Waals surface area contributed by atoms with E-state index in [1.807, 2.05) is 0 Å². The number of likely N-dealkylation sites (N-methyl/N-ethyl adjacent to an activating group) is 1. The molecule has 118 valence electrons. The van der Waals surface area contributed by atoms with Crippen LogP contribution in [0.3, 0.4) is 0 Å². The molecule has 0 saturated heterocycles. The Bertz CT molecular complexity index is 449. The Kier molecular flexibility index (Phi) is 5.83. The fraction of sp³-hybridized carbons (Fsp3) is 0.684. The fourth-order valence-electron chi connectivity index (χ4n) is 3.10. The highest BCUT2D eigenvalue weighted by molar-refractivity contribution is 5.33. The van der Waals surface area contributed by atoms with Gasteiger partial charge in [0, 0.05) is 25.2 Å². The molecular weight excluding hydrogens is 256 g/mol. The second-order valence-corrected chi connectivity index (χ2v) is 6.96. The van der Waals surface area contributed by atoms with Crippen LogP contribution in [-0.4, -0.2) is 30.6 Å². The van der Waals surface area contributed by atoms with E-state index in [0.717, 1.165) is 19.0 Å². The first kappa shape index (κ1) is 16.5. The summed E-state index contributed by atoms with van der Waals surface area (Å²) >= 11 is 0. The largest absolute Gasteiger partial charge is 0.309 e. The Morgan fingerprint density at radius 2 is 1.95 bits per heavy atom. The molecule has 1 aliphatic rings. The zero-order chi connectivity index (χ0) is 15.4. The van der Waals surface area contributed by atoms with Crippen molar-refractivity contribution in [2.75, 3.05) is 19.6 Å². The third-order valence-electron chi connectivity index (χ3n) is 4.59. The van der Waals surface area contributed by atoms with Gasteiger partial charge in [-0.05, 0) is 64.1 Å². The zero-order valence-corrected chi connectivity index (χ0v) is 14.4. The van der Waals surface area contributed by atoms with Crippen molar-refractivity contribution in [3.8, 4) is 0 Å². The Balaban J connectivity index is 2.12. The molecule has 0 spiro atoms. The van der Waals surface area contributed by atoms with Gasteiger partial charge in [0.05, 0.1) is 0 Å². The molecular formula is C19H32N2. The van der Waals surface area contributed by atoms with Crippen molar-refractivity contribution in [2.45, 2.75) is 59.5 Å². The van der Waals surface area contributed by atoms with Gasteiger partial charge in [0.2, 0.25) is 0 Å². The van der Waals surface area contributed by atoms with E-state index in [1.165, 1.54) is 36.1 Å². The minimum Gasteiger partial charge on any atom is -0.309 e. The average molecular weight is 288 g/mol. The summed E-state index contributed by atoms with van der Waals surface area (Å²) in [5, 5.41) is 3.70. The Hall–Kier alpha value is -0.860. The van der Waals surface area contributed by atoms with Crippen molar-refractivity contribution in [1.29, 1.82) is 0 Å². The number of hydrogen-bond donors (Lipinski definition) is 1. The summed E-state index contributed by atoms with van der Waals surface area (Å²) in [6.07, 6.45) is 2.86. The van der Waals surface area contributed by atoms with E-state index in [0.29, 0.717) is 12.1 Å². The summed E-state index contributed by atoms with van der Waals surface area (Å²) < 4.78 is 0. The van der Waals surface area contributed by atoms with Gasteiger partial charge in [-0.2, -0.15) is 0 Å². The monoisotopic (exact) mass is 288 g/mol. The molecule has 1 aliphatic carbocycles. The topological polar surface area (TPSA) is 15.3 Å². The SMILES string of the molecule is CCNC(CN(CC1CC1)C(C)C)c1ccc(C)cc1C. The number of aryl methyl sites for hydroxylation is 2. The molecule has 0 heterocycles. The molecule has 2 heteroatoms. The van der Waals surface area contributed by atoms with Crippen LogP contribution < -0.4 is 5.32 Å². The summed E-state index contributed by atoms with van der Waals surface area (Å²) in [5.41, 5.74) is 4.23. The molecule has 1 saturated carbocycles. The van der Waals surface area contributed by atoms with E-state index in [2.05, 4.69) is 63.0 Å². The second kappa shape index (κ2) is 7.42. The maximum Gasteiger partial charge on any atom is 0.0451 e. The zero-order valence-electron chi connectivity index (χ0n) is 14.4. The summed E-state index contributed by atoms with van der Waals surface area (Å²) in [6, 6.07) is 7.93. The number of benzene rings is 1. The highest BCUT2D eigenvalue weighted by Crippen LogP contribution is 2.31. The highest BCUT2D eigenvalue weighted by Gasteiger charge is 2.27. The number of rotatable bonds is 8. The Morgan fingerprint density at radius 3 is 2.48 bits per heavy atom. The first-order valence-corrected chi connectivity index (χ1v) is 8.55. The molecule has 1 aromatic carbocycles. The number of nitrogens with one attached hydrogen (secondary N) is 1. The van der Waals surface area contributed by atoms with Gasteiger partial charge in [0.1, 0.15) is 0 Å². The van der Waals surface area contributed by atoms with Crippen LogP contribution in [-0.2, 0) is 0 Å². The van der Waals surface area contributed by atoms with Crippen LogP contribution in [0.25, 0.3) is 0 Å². The lowest BCUT2D eigenvalue weighted by molar-refractivity contribution is 0.190. The Labute approximate surface area is 130 Å². The van der Waals surface area contributed by atoms with Crippen molar-refractivity contribution < 1.29 is 0 Å². The van der Waals surface area contributed by atoms with Crippen LogP contribution >= 0.6 is 0 Å². The Morgan fingerprint density at radius 1 is 1.24 bits per heavy atom. The van der Waals surface area contributed by atoms with Crippen LogP contribution in [0.15, 0.2) is 18.2 Å². The van der Waals surface area contributed by atoms with E-state index >= 15 is 0 Å². The van der Waals surface area contributed by atoms with Crippen LogP contribution in [0, 0.1) is 19.8 Å². The molecule has 2 nitrogen and oxygen atoms in total. The third-order valence-corrected chi connectivity index (χ3v) is 4.59. The molecule has 0 aliphatic heterocycles. The van der Waals surface area contributed by atoms with Crippen LogP contribution in [0.1, 0.15) is 56.3 Å². The minimum atomic E-state index is 0.441. The third kappa shape index (κ3) is 4.82. The van der Waals surface area contributed by atoms with E-state index in [-0.39, 0.29) is 0 Å². The molecule has 0 bridgehead atoms. The second-order valence-electron chi connectivity index (χ2n) is 6.96. The van der Waals surface area contributed by atoms with Crippen molar-refractivity contribution in [3.63, 3.8) is 0 Å². The molecule has 1 unspecified atom stereocenters. The van der Waals surface area contributed by atoms with Gasteiger partial charge in [-0.1, -0.05) is 30.7 Å². The van der Waals surface area contributed by atoms with Crippen LogP contribution in [0.4, 0.5) is 0 Å². The van der Waals surface area contributed by atoms with Crippen LogP contribution in [0.5, 0.6) is 0 Å². The predicted octanol–water partition coefficient (Wildman–Crippen LogP) is 4.07. The molecule has 1 fully saturated rings. The number of nitrogens with zero attached hydrogens (tertiary/aromatic N) is 1. The molecule has 1 aromatic rings. The molecule has 1 atom stereocenters. The van der Waals surface area contributed by atoms with Crippen molar-refractivity contribution >= 4 is 0 Å². The van der Waals surface area contributed by atoms with Crippen LogP contribution in [0.2, 0.25) is 0 Å². The minimum absolute atomic E-state index is 0.441. The molecule has 0 radical (unpaired) electrons. The highest BCUT2D eigenvalue weighted by atomic mass is 15.2. The maximum absolute atomic E-state index is 3.70. The quantitative estimate of drug-likeness (QED) is 0.775. The lowest BCUT2D eigenvalue weighted by atomic mass is 9.98. The summed E-state index contributed by atoms with van der Waals surface area (Å²) in [5.74, 6) is 0.953. The smallest absolute Gasteiger partial charge is 0.0451 e. The molecule has 1 N–H and O–H groups in total. The summed E-state index contributed by atoms with van der Waals surface area (Å²) in [7, 11) is 0. The van der Waals surface area contributed by atoms with Gasteiger partial charge < -0.3 is 5.32 Å². The van der Waals surface area contributed by atoms with Crippen molar-refractivity contribution in [2.24, 2.45) is 5.92 Å². The van der Waals surface area contributed by atoms with Gasteiger partial charge in [-0.25, -0.2) is 0 Å². The maximum atomic E-state index is 3.70. The van der Waals surface area contributed by atoms with Gasteiger partial charge in [-0.3, -0.25) is 4.90 Å². The van der Waals surface area contributed by atoms with Gasteiger partial charge in [-0.15, -0.1) is 0 Å². The average Bonchev–Trinajstić information content (AvgIpc) is 3.21. The standard InChI is InChI=1S/C19H32N2/c1-6-20-19(18-10-7-15(4)11-16(18)5)13-21(14(2)3)12-17-8-9-17/h7,10-11,14,17,19-20H,6,8-9,12-13H2,1-5H3. The van der Waals surface area contributed by atoms with E-state index in [4.69, 9.17) is 0 Å². The molecule has 0 amide bonds. The first-order chi connectivity index (χ1) is 10.0. The van der Waals surface area contributed by atoms with Crippen molar-refractivity contribution in [3.05, 3.63) is 34.9 Å². The predicted molar refractivity (Wildman–Crippen MR) is 91.8 cm³/mol. The van der Waals surface area contributed by atoms with E-state index < -0.39 is 0 Å². The molecule has 0 aromatic heterocycles. The fourth-order valence-corrected chi connectivity index (χ4v) is 3.10. The van der Waals surface area contributed by atoms with E-state index in [1.54, 1.807) is 0 Å². The van der Waals surface area contributed by atoms with Gasteiger partial charge >= 0.3 is 0 Å². The lowest BCUT2D eigenvalue weighted by Gasteiger charge is -2.32. The lowest BCUT2D eigenvalue weighted by Crippen LogP contribution is -2.40. The summed E-state index contributed by atoms with van der Waals surface area (Å²) in [6.45, 7) is 14.7.